The molecule has 9 nitrogen and oxygen atoms in total. The Morgan fingerprint density at radius 2 is 1.85 bits per heavy atom. The minimum absolute atomic E-state index is 0.181. The van der Waals surface area contributed by atoms with E-state index in [1.807, 2.05) is 29.6 Å². The van der Waals surface area contributed by atoms with Crippen LogP contribution in [0.2, 0.25) is 0 Å². The van der Waals surface area contributed by atoms with Crippen LogP contribution in [0.5, 0.6) is 0 Å². The number of nitrogens with zero attached hydrogens (tertiary/aromatic N) is 2. The SMILES string of the molecule is Nc1ccc(C(=O)NCC(=O)Nc2nc(-c3cccc(N4CCC(C(=O)O)CC4)c3)cs2)cc1. The highest BCUT2D eigenvalue weighted by Crippen LogP contribution is 2.30. The third kappa shape index (κ3) is 5.70. The molecule has 3 aromatic rings. The molecule has 0 aliphatic carbocycles. The number of carboxylic acid groups (broad SMARTS) is 1. The highest BCUT2D eigenvalue weighted by Gasteiger charge is 2.24. The van der Waals surface area contributed by atoms with Crippen molar-refractivity contribution in [2.24, 2.45) is 5.92 Å². The zero-order chi connectivity index (χ0) is 24.1. The van der Waals surface area contributed by atoms with Crippen molar-refractivity contribution in [2.45, 2.75) is 12.8 Å². The molecule has 0 radical (unpaired) electrons. The molecule has 10 heteroatoms. The number of nitrogen functional groups attached to an aromatic ring is 1. The van der Waals surface area contributed by atoms with Crippen molar-refractivity contribution in [1.82, 2.24) is 10.3 Å². The van der Waals surface area contributed by atoms with Gasteiger partial charge in [-0.25, -0.2) is 4.98 Å². The van der Waals surface area contributed by atoms with Gasteiger partial charge in [0, 0.05) is 41.0 Å². The molecule has 0 atom stereocenters. The summed E-state index contributed by atoms with van der Waals surface area (Å²) in [6.07, 6.45) is 1.25. The summed E-state index contributed by atoms with van der Waals surface area (Å²) in [5, 5.41) is 16.8. The quantitative estimate of drug-likeness (QED) is 0.382. The number of carboxylic acids is 1. The molecule has 5 N–H and O–H groups in total. The third-order valence-corrected chi connectivity index (χ3v) is 6.44. The van der Waals surface area contributed by atoms with Crippen molar-refractivity contribution < 1.29 is 19.5 Å². The number of carbonyl (C=O) groups is 3. The normalized spacial score (nSPS) is 13.9. The number of amides is 2. The summed E-state index contributed by atoms with van der Waals surface area (Å²) in [6, 6.07) is 14.4. The summed E-state index contributed by atoms with van der Waals surface area (Å²) in [5.41, 5.74) is 9.25. The fourth-order valence-electron chi connectivity index (χ4n) is 3.77. The van der Waals surface area contributed by atoms with Crippen LogP contribution < -0.4 is 21.3 Å². The predicted molar refractivity (Wildman–Crippen MR) is 132 cm³/mol. The van der Waals surface area contributed by atoms with E-state index in [0.717, 1.165) is 16.9 Å². The van der Waals surface area contributed by atoms with Crippen molar-refractivity contribution >= 4 is 45.6 Å². The summed E-state index contributed by atoms with van der Waals surface area (Å²) >= 11 is 1.30. The van der Waals surface area contributed by atoms with Gasteiger partial charge in [-0.15, -0.1) is 11.3 Å². The lowest BCUT2D eigenvalue weighted by molar-refractivity contribution is -0.142. The summed E-state index contributed by atoms with van der Waals surface area (Å²) in [6.45, 7) is 1.21. The molecule has 1 aliphatic heterocycles. The third-order valence-electron chi connectivity index (χ3n) is 5.68. The van der Waals surface area contributed by atoms with Gasteiger partial charge < -0.3 is 26.4 Å². The largest absolute Gasteiger partial charge is 0.481 e. The lowest BCUT2D eigenvalue weighted by atomic mass is 9.96. The smallest absolute Gasteiger partial charge is 0.306 e. The van der Waals surface area contributed by atoms with Crippen LogP contribution in [-0.4, -0.2) is 47.5 Å². The minimum Gasteiger partial charge on any atom is -0.481 e. The summed E-state index contributed by atoms with van der Waals surface area (Å²) in [4.78, 5) is 42.3. The van der Waals surface area contributed by atoms with Crippen molar-refractivity contribution in [1.29, 1.82) is 0 Å². The van der Waals surface area contributed by atoms with Crippen molar-refractivity contribution in [2.75, 3.05) is 35.6 Å². The van der Waals surface area contributed by atoms with Crippen LogP contribution in [0, 0.1) is 5.92 Å². The van der Waals surface area contributed by atoms with Crippen LogP contribution in [0.25, 0.3) is 11.3 Å². The van der Waals surface area contributed by atoms with Crippen molar-refractivity contribution in [3.05, 3.63) is 59.5 Å². The topological polar surface area (TPSA) is 138 Å². The molecular formula is C24H25N5O4S. The fourth-order valence-corrected chi connectivity index (χ4v) is 4.51. The van der Waals surface area contributed by atoms with Crippen LogP contribution in [0.4, 0.5) is 16.5 Å². The predicted octanol–water partition coefficient (Wildman–Crippen LogP) is 3.06. The molecule has 0 unspecified atom stereocenters. The average molecular weight is 480 g/mol. The molecule has 2 amide bonds. The van der Waals surface area contributed by atoms with Crippen LogP contribution in [0.15, 0.2) is 53.9 Å². The number of anilines is 3. The second-order valence-corrected chi connectivity index (χ2v) is 8.90. The first kappa shape index (κ1) is 23.2. The van der Waals surface area contributed by atoms with Gasteiger partial charge in [0.1, 0.15) is 0 Å². The maximum Gasteiger partial charge on any atom is 0.306 e. The Balaban J connectivity index is 1.33. The molecule has 4 rings (SSSR count). The molecule has 0 spiro atoms. The minimum atomic E-state index is -0.727. The van der Waals surface area contributed by atoms with Crippen LogP contribution in [-0.2, 0) is 9.59 Å². The van der Waals surface area contributed by atoms with Gasteiger partial charge in [-0.05, 0) is 49.2 Å². The van der Waals surface area contributed by atoms with Crippen molar-refractivity contribution in [3.63, 3.8) is 0 Å². The van der Waals surface area contributed by atoms with Crippen molar-refractivity contribution in [3.8, 4) is 11.3 Å². The summed E-state index contributed by atoms with van der Waals surface area (Å²) < 4.78 is 0. The van der Waals surface area contributed by atoms with Gasteiger partial charge in [0.25, 0.3) is 5.91 Å². The maximum atomic E-state index is 12.3. The van der Waals surface area contributed by atoms with Crippen LogP contribution in [0.3, 0.4) is 0 Å². The van der Waals surface area contributed by atoms with Gasteiger partial charge >= 0.3 is 5.97 Å². The first-order valence-electron chi connectivity index (χ1n) is 10.9. The number of carbonyl (C=O) groups excluding carboxylic acids is 2. The molecule has 2 aromatic carbocycles. The van der Waals surface area contributed by atoms with Gasteiger partial charge in [-0.3, -0.25) is 14.4 Å². The summed E-state index contributed by atoms with van der Waals surface area (Å²) in [5.74, 6) is -1.74. The number of hydrogen-bond donors (Lipinski definition) is 4. The number of benzene rings is 2. The van der Waals surface area contributed by atoms with Gasteiger partial charge in [-0.2, -0.15) is 0 Å². The number of nitrogens with two attached hydrogens (primary N) is 1. The summed E-state index contributed by atoms with van der Waals surface area (Å²) in [7, 11) is 0. The first-order chi connectivity index (χ1) is 16.4. The molecule has 1 aromatic heterocycles. The molecular weight excluding hydrogens is 454 g/mol. The zero-order valence-electron chi connectivity index (χ0n) is 18.4. The number of piperidine rings is 1. The first-order valence-corrected chi connectivity index (χ1v) is 11.7. The molecule has 0 bridgehead atoms. The second-order valence-electron chi connectivity index (χ2n) is 8.04. The lowest BCUT2D eigenvalue weighted by Gasteiger charge is -2.32. The van der Waals surface area contributed by atoms with E-state index in [0.29, 0.717) is 42.3 Å². The maximum absolute atomic E-state index is 12.3. The van der Waals surface area contributed by atoms with E-state index in [2.05, 4.69) is 20.5 Å². The van der Waals surface area contributed by atoms with Gasteiger partial charge in [0.05, 0.1) is 18.2 Å². The van der Waals surface area contributed by atoms with E-state index in [1.165, 1.54) is 11.3 Å². The number of nitrogens with one attached hydrogen (secondary N) is 2. The van der Waals surface area contributed by atoms with E-state index in [4.69, 9.17) is 5.73 Å². The second kappa shape index (κ2) is 10.3. The highest BCUT2D eigenvalue weighted by molar-refractivity contribution is 7.14. The van der Waals surface area contributed by atoms with Gasteiger partial charge in [-0.1, -0.05) is 12.1 Å². The highest BCUT2D eigenvalue weighted by atomic mass is 32.1. The Bertz CT molecular complexity index is 1190. The molecule has 1 aliphatic rings. The number of rotatable bonds is 7. The lowest BCUT2D eigenvalue weighted by Crippen LogP contribution is -2.36. The Kier molecular flexibility index (Phi) is 7.07. The van der Waals surface area contributed by atoms with E-state index < -0.39 is 5.97 Å². The molecule has 176 valence electrons. The molecule has 2 heterocycles. The van der Waals surface area contributed by atoms with Gasteiger partial charge in [0.15, 0.2) is 5.13 Å². The number of aliphatic carboxylic acids is 1. The monoisotopic (exact) mass is 479 g/mol. The zero-order valence-corrected chi connectivity index (χ0v) is 19.2. The fraction of sp³-hybridized carbons (Fsp3) is 0.250. The average Bonchev–Trinajstić information content (AvgIpc) is 3.31. The number of hydrogen-bond acceptors (Lipinski definition) is 7. The van der Waals surface area contributed by atoms with E-state index in [-0.39, 0.29) is 24.3 Å². The Morgan fingerprint density at radius 3 is 2.56 bits per heavy atom. The Morgan fingerprint density at radius 1 is 1.12 bits per heavy atom. The molecule has 1 fully saturated rings. The number of thiazole rings is 1. The van der Waals surface area contributed by atoms with E-state index >= 15 is 0 Å². The van der Waals surface area contributed by atoms with Crippen LogP contribution in [0.1, 0.15) is 23.2 Å². The van der Waals surface area contributed by atoms with E-state index in [1.54, 1.807) is 24.3 Å². The molecule has 1 saturated heterocycles. The van der Waals surface area contributed by atoms with Crippen LogP contribution >= 0.6 is 11.3 Å². The molecule has 0 saturated carbocycles. The Labute approximate surface area is 200 Å². The Hall–Kier alpha value is -3.92. The molecule has 34 heavy (non-hydrogen) atoms. The number of aromatic nitrogens is 1. The van der Waals surface area contributed by atoms with E-state index in [9.17, 15) is 19.5 Å². The van der Waals surface area contributed by atoms with Gasteiger partial charge in [0.2, 0.25) is 5.91 Å². The standard InChI is InChI=1S/C24H25N5O4S/c25-18-6-4-15(5-7-18)22(31)26-13-21(30)28-24-27-20(14-34-24)17-2-1-3-19(12-17)29-10-8-16(9-11-29)23(32)33/h1-7,12,14,16H,8-11,13,25H2,(H,26,31)(H,32,33)(H,27,28,30).